The highest BCUT2D eigenvalue weighted by atomic mass is 35.5. The van der Waals surface area contributed by atoms with E-state index in [1.807, 2.05) is 0 Å². The van der Waals surface area contributed by atoms with Gasteiger partial charge in [0, 0.05) is 29.8 Å². The second-order valence-corrected chi connectivity index (χ2v) is 7.61. The van der Waals surface area contributed by atoms with Crippen LogP contribution >= 0.6 is 23.2 Å². The van der Waals surface area contributed by atoms with Gasteiger partial charge < -0.3 is 14.9 Å². The molecule has 0 bridgehead atoms. The Morgan fingerprint density at radius 1 is 1.00 bits per heavy atom. The number of hydrogen-bond donors (Lipinski definition) is 2. The summed E-state index contributed by atoms with van der Waals surface area (Å²) >= 11 is 11.8. The molecule has 4 rings (SSSR count). The number of aromatic amines is 1. The maximum atomic E-state index is 13.0. The van der Waals surface area contributed by atoms with Crippen molar-refractivity contribution in [2.75, 3.05) is 0 Å². The van der Waals surface area contributed by atoms with Gasteiger partial charge in [-0.2, -0.15) is 0 Å². The number of fused-ring (bicyclic) bond motifs is 1. The first kappa shape index (κ1) is 20.0. The number of aryl methyl sites for hydroxylation is 1. The maximum absolute atomic E-state index is 13.0. The monoisotopic (exact) mass is 442 g/mol. The van der Waals surface area contributed by atoms with Gasteiger partial charge in [-0.3, -0.25) is 9.59 Å². The summed E-state index contributed by atoms with van der Waals surface area (Å²) in [6.45, 7) is 0.276. The average Bonchev–Trinajstić information content (AvgIpc) is 3.05. The number of H-pyrrole nitrogens is 1. The Bertz CT molecular complexity index is 1370. The molecular formula is C21H16Cl2N4O3. The van der Waals surface area contributed by atoms with Gasteiger partial charge in [-0.05, 0) is 42.0 Å². The highest BCUT2D eigenvalue weighted by molar-refractivity contribution is 6.30. The van der Waals surface area contributed by atoms with Crippen LogP contribution in [0.15, 0.2) is 64.3 Å². The fourth-order valence-corrected chi connectivity index (χ4v) is 3.50. The highest BCUT2D eigenvalue weighted by Crippen LogP contribution is 2.16. The predicted molar refractivity (Wildman–Crippen MR) is 117 cm³/mol. The molecule has 0 saturated carbocycles. The van der Waals surface area contributed by atoms with E-state index in [1.165, 1.54) is 10.8 Å². The van der Waals surface area contributed by atoms with Crippen LogP contribution in [-0.2, 0) is 13.6 Å². The van der Waals surface area contributed by atoms with Crippen LogP contribution in [0, 0.1) is 0 Å². The molecule has 2 aromatic carbocycles. The smallest absolute Gasteiger partial charge is 0.333 e. The van der Waals surface area contributed by atoms with E-state index >= 15 is 0 Å². The van der Waals surface area contributed by atoms with E-state index in [9.17, 15) is 14.4 Å². The largest absolute Gasteiger partial charge is 0.348 e. The number of carbonyl (C=O) groups excluding carboxylic acids is 1. The molecule has 2 heterocycles. The van der Waals surface area contributed by atoms with Crippen LogP contribution in [-0.4, -0.2) is 20.0 Å². The topological polar surface area (TPSA) is 88.9 Å². The van der Waals surface area contributed by atoms with Crippen LogP contribution in [0.1, 0.15) is 15.9 Å². The molecule has 0 aliphatic heterocycles. The molecule has 0 unspecified atom stereocenters. The van der Waals surface area contributed by atoms with Gasteiger partial charge in [0.2, 0.25) is 0 Å². The third-order valence-electron chi connectivity index (χ3n) is 4.72. The molecule has 0 radical (unpaired) electrons. The Morgan fingerprint density at radius 2 is 1.60 bits per heavy atom. The molecule has 152 valence electrons. The molecule has 7 nitrogen and oxygen atoms in total. The molecule has 0 atom stereocenters. The molecule has 9 heteroatoms. The Hall–Kier alpha value is -3.29. The lowest BCUT2D eigenvalue weighted by Crippen LogP contribution is -2.34. The molecule has 0 aliphatic carbocycles. The standard InChI is InChI=1S/C21H16Cl2N4O3/c1-26-11-16(19(28)24-10-12-2-4-13(22)5-3-12)17-18(26)20(29)27(21(30)25-17)15-8-6-14(23)7-9-15/h2-9,11H,10H2,1H3,(H,24,28)(H,25,30). The normalized spacial score (nSPS) is 11.0. The van der Waals surface area contributed by atoms with Gasteiger partial charge in [0.05, 0.1) is 16.8 Å². The van der Waals surface area contributed by atoms with Crippen molar-refractivity contribution < 1.29 is 4.79 Å². The summed E-state index contributed by atoms with van der Waals surface area (Å²) in [5.74, 6) is -0.408. The van der Waals surface area contributed by atoms with Crippen LogP contribution < -0.4 is 16.6 Å². The zero-order chi connectivity index (χ0) is 21.4. The second kappa shape index (κ2) is 7.85. The lowest BCUT2D eigenvalue weighted by atomic mass is 10.2. The fraction of sp³-hybridized carbons (Fsp3) is 0.0952. The molecule has 0 spiro atoms. The molecule has 30 heavy (non-hydrogen) atoms. The molecule has 4 aromatic rings. The molecule has 0 fully saturated rings. The van der Waals surface area contributed by atoms with Crippen LogP contribution in [0.25, 0.3) is 16.7 Å². The number of nitrogens with zero attached hydrogens (tertiary/aromatic N) is 2. The number of benzene rings is 2. The Kier molecular flexibility index (Phi) is 5.24. The van der Waals surface area contributed by atoms with Crippen molar-refractivity contribution in [1.29, 1.82) is 0 Å². The number of halogens is 2. The number of carbonyl (C=O) groups is 1. The van der Waals surface area contributed by atoms with Gasteiger partial charge in [0.25, 0.3) is 11.5 Å². The Balaban J connectivity index is 1.73. The van der Waals surface area contributed by atoms with E-state index in [0.29, 0.717) is 15.7 Å². The first-order valence-electron chi connectivity index (χ1n) is 8.98. The van der Waals surface area contributed by atoms with Gasteiger partial charge >= 0.3 is 5.69 Å². The summed E-state index contributed by atoms with van der Waals surface area (Å²) in [7, 11) is 1.64. The summed E-state index contributed by atoms with van der Waals surface area (Å²) < 4.78 is 2.53. The quantitative estimate of drug-likeness (QED) is 0.508. The van der Waals surface area contributed by atoms with Crippen molar-refractivity contribution in [2.45, 2.75) is 6.54 Å². The number of rotatable bonds is 4. The van der Waals surface area contributed by atoms with Crippen LogP contribution in [0.4, 0.5) is 0 Å². The summed E-state index contributed by atoms with van der Waals surface area (Å²) in [6.07, 6.45) is 1.52. The number of aromatic nitrogens is 3. The van der Waals surface area contributed by atoms with Crippen LogP contribution in [0.5, 0.6) is 0 Å². The van der Waals surface area contributed by atoms with Crippen LogP contribution in [0.3, 0.4) is 0 Å². The number of amides is 1. The first-order chi connectivity index (χ1) is 14.3. The summed E-state index contributed by atoms with van der Waals surface area (Å²) in [5, 5.41) is 3.88. The minimum atomic E-state index is -0.646. The summed E-state index contributed by atoms with van der Waals surface area (Å²) in [6, 6.07) is 13.4. The van der Waals surface area contributed by atoms with Gasteiger partial charge in [0.1, 0.15) is 5.52 Å². The van der Waals surface area contributed by atoms with E-state index in [2.05, 4.69) is 10.3 Å². The lowest BCUT2D eigenvalue weighted by molar-refractivity contribution is 0.0952. The molecule has 2 aromatic heterocycles. The minimum Gasteiger partial charge on any atom is -0.348 e. The zero-order valence-corrected chi connectivity index (χ0v) is 17.3. The van der Waals surface area contributed by atoms with Crippen molar-refractivity contribution in [1.82, 2.24) is 19.4 Å². The predicted octanol–water partition coefficient (Wildman–Crippen LogP) is 3.25. The van der Waals surface area contributed by atoms with E-state index in [0.717, 1.165) is 10.1 Å². The minimum absolute atomic E-state index is 0.186. The van der Waals surface area contributed by atoms with Gasteiger partial charge in [-0.1, -0.05) is 35.3 Å². The highest BCUT2D eigenvalue weighted by Gasteiger charge is 2.20. The Morgan fingerprint density at radius 3 is 2.23 bits per heavy atom. The maximum Gasteiger partial charge on any atom is 0.333 e. The summed E-state index contributed by atoms with van der Waals surface area (Å²) in [5.41, 5.74) is 0.670. The van der Waals surface area contributed by atoms with Crippen molar-refractivity contribution >= 4 is 40.1 Å². The molecule has 0 saturated heterocycles. The fourth-order valence-electron chi connectivity index (χ4n) is 3.25. The van der Waals surface area contributed by atoms with Gasteiger partial charge in [-0.25, -0.2) is 9.36 Å². The van der Waals surface area contributed by atoms with Gasteiger partial charge in [-0.15, -0.1) is 0 Å². The zero-order valence-electron chi connectivity index (χ0n) is 15.8. The number of nitrogens with one attached hydrogen (secondary N) is 2. The van der Waals surface area contributed by atoms with Gasteiger partial charge in [0.15, 0.2) is 0 Å². The number of hydrogen-bond acceptors (Lipinski definition) is 3. The molecular weight excluding hydrogens is 427 g/mol. The third-order valence-corrected chi connectivity index (χ3v) is 5.22. The van der Waals surface area contributed by atoms with Crippen molar-refractivity contribution in [2.24, 2.45) is 7.05 Å². The van der Waals surface area contributed by atoms with E-state index in [1.54, 1.807) is 55.6 Å². The Labute approximate surface area is 180 Å². The van der Waals surface area contributed by atoms with E-state index < -0.39 is 17.2 Å². The third kappa shape index (κ3) is 3.65. The molecule has 0 aliphatic rings. The lowest BCUT2D eigenvalue weighted by Gasteiger charge is -2.07. The van der Waals surface area contributed by atoms with E-state index in [-0.39, 0.29) is 23.1 Å². The average molecular weight is 443 g/mol. The van der Waals surface area contributed by atoms with Crippen LogP contribution in [0.2, 0.25) is 10.0 Å². The molecule has 2 N–H and O–H groups in total. The van der Waals surface area contributed by atoms with E-state index in [4.69, 9.17) is 23.2 Å². The second-order valence-electron chi connectivity index (χ2n) is 6.73. The van der Waals surface area contributed by atoms with Crippen molar-refractivity contribution in [3.8, 4) is 5.69 Å². The SMILES string of the molecule is Cn1cc(C(=O)NCc2ccc(Cl)cc2)c2[nH]c(=O)n(-c3ccc(Cl)cc3)c(=O)c21. The summed E-state index contributed by atoms with van der Waals surface area (Å²) in [4.78, 5) is 41.1. The van der Waals surface area contributed by atoms with Crippen molar-refractivity contribution in [3.63, 3.8) is 0 Å². The molecule has 1 amide bonds. The van der Waals surface area contributed by atoms with Crippen molar-refractivity contribution in [3.05, 3.63) is 96.7 Å². The first-order valence-corrected chi connectivity index (χ1v) is 9.73.